The maximum atomic E-state index is 12.8. The second-order valence-corrected chi connectivity index (χ2v) is 7.26. The Bertz CT molecular complexity index is 915. The molecule has 0 bridgehead atoms. The minimum absolute atomic E-state index is 0.333. The Kier molecular flexibility index (Phi) is 6.80. The van der Waals surface area contributed by atoms with Crippen molar-refractivity contribution in [1.29, 1.82) is 0 Å². The molecule has 8 heteroatoms. The van der Waals surface area contributed by atoms with E-state index in [0.29, 0.717) is 17.1 Å². The van der Waals surface area contributed by atoms with E-state index >= 15 is 0 Å². The molecular formula is C20H21N5O2S. The predicted octanol–water partition coefficient (Wildman–Crippen LogP) is 2.87. The first-order chi connectivity index (χ1) is 13.7. The molecule has 0 spiro atoms. The third-order valence-corrected chi connectivity index (χ3v) is 4.89. The molecule has 1 atom stereocenters. The third kappa shape index (κ3) is 5.43. The number of nitrogens with one attached hydrogen (secondary N) is 2. The smallest absolute Gasteiger partial charge is 0.253 e. The van der Waals surface area contributed by atoms with Crippen molar-refractivity contribution in [3.8, 4) is 0 Å². The number of aromatic nitrogens is 3. The molecule has 1 aromatic carbocycles. The fraction of sp³-hybridized carbons (Fsp3) is 0.250. The summed E-state index contributed by atoms with van der Waals surface area (Å²) >= 11 is 1.35. The van der Waals surface area contributed by atoms with Gasteiger partial charge in [0.1, 0.15) is 11.0 Å². The van der Waals surface area contributed by atoms with Crippen LogP contribution in [0, 0.1) is 0 Å². The topological polar surface area (TPSA) is 96.9 Å². The summed E-state index contributed by atoms with van der Waals surface area (Å²) < 4.78 is 0. The van der Waals surface area contributed by atoms with Gasteiger partial charge in [-0.2, -0.15) is 0 Å². The lowest BCUT2D eigenvalue weighted by Gasteiger charge is -2.18. The molecule has 0 saturated carbocycles. The van der Waals surface area contributed by atoms with Gasteiger partial charge in [0.2, 0.25) is 11.0 Å². The van der Waals surface area contributed by atoms with Crippen LogP contribution in [0.2, 0.25) is 0 Å². The number of nitrogens with zero attached hydrogens (tertiary/aromatic N) is 3. The van der Waals surface area contributed by atoms with Crippen LogP contribution in [0.15, 0.2) is 54.9 Å². The molecule has 3 rings (SSSR count). The van der Waals surface area contributed by atoms with Crippen molar-refractivity contribution in [2.24, 2.45) is 0 Å². The normalized spacial score (nSPS) is 11.6. The molecule has 1 unspecified atom stereocenters. The SMILES string of the molecule is CCCc1nnc(NC(=O)C(Cc2ccccc2)NC(=O)c2cccnc2)s1. The van der Waals surface area contributed by atoms with Gasteiger partial charge in [-0.25, -0.2) is 0 Å². The number of amides is 2. The number of rotatable bonds is 8. The Morgan fingerprint density at radius 2 is 1.93 bits per heavy atom. The van der Waals surface area contributed by atoms with Gasteiger partial charge in [-0.1, -0.05) is 48.6 Å². The summed E-state index contributed by atoms with van der Waals surface area (Å²) in [5, 5.41) is 15.0. The molecule has 144 valence electrons. The molecule has 0 aliphatic rings. The van der Waals surface area contributed by atoms with E-state index < -0.39 is 6.04 Å². The lowest BCUT2D eigenvalue weighted by molar-refractivity contribution is -0.118. The van der Waals surface area contributed by atoms with Crippen molar-refractivity contribution < 1.29 is 9.59 Å². The van der Waals surface area contributed by atoms with Gasteiger partial charge in [-0.15, -0.1) is 10.2 Å². The van der Waals surface area contributed by atoms with E-state index in [1.807, 2.05) is 30.3 Å². The fourth-order valence-corrected chi connectivity index (χ4v) is 3.45. The van der Waals surface area contributed by atoms with Crippen molar-refractivity contribution in [1.82, 2.24) is 20.5 Å². The predicted molar refractivity (Wildman–Crippen MR) is 108 cm³/mol. The van der Waals surface area contributed by atoms with Crippen LogP contribution < -0.4 is 10.6 Å². The van der Waals surface area contributed by atoms with Crippen LogP contribution >= 0.6 is 11.3 Å². The van der Waals surface area contributed by atoms with Crippen molar-refractivity contribution >= 4 is 28.3 Å². The maximum Gasteiger partial charge on any atom is 0.253 e. The van der Waals surface area contributed by atoms with E-state index in [1.54, 1.807) is 18.3 Å². The Hall–Kier alpha value is -3.13. The highest BCUT2D eigenvalue weighted by atomic mass is 32.1. The van der Waals surface area contributed by atoms with E-state index in [1.165, 1.54) is 17.5 Å². The highest BCUT2D eigenvalue weighted by Gasteiger charge is 2.23. The lowest BCUT2D eigenvalue weighted by Crippen LogP contribution is -2.45. The minimum Gasteiger partial charge on any atom is -0.340 e. The Balaban J connectivity index is 1.74. The fourth-order valence-electron chi connectivity index (χ4n) is 2.61. The first kappa shape index (κ1) is 19.6. The summed E-state index contributed by atoms with van der Waals surface area (Å²) in [5.41, 5.74) is 1.34. The van der Waals surface area contributed by atoms with Gasteiger partial charge >= 0.3 is 0 Å². The Morgan fingerprint density at radius 3 is 2.64 bits per heavy atom. The molecule has 28 heavy (non-hydrogen) atoms. The van der Waals surface area contributed by atoms with Gasteiger partial charge in [0.15, 0.2) is 0 Å². The summed E-state index contributed by atoms with van der Waals surface area (Å²) in [6.45, 7) is 2.06. The first-order valence-electron chi connectivity index (χ1n) is 9.03. The van der Waals surface area contributed by atoms with Crippen molar-refractivity contribution in [3.63, 3.8) is 0 Å². The first-order valence-corrected chi connectivity index (χ1v) is 9.85. The van der Waals surface area contributed by atoms with Crippen molar-refractivity contribution in [2.45, 2.75) is 32.2 Å². The highest BCUT2D eigenvalue weighted by molar-refractivity contribution is 7.15. The number of carbonyl (C=O) groups is 2. The third-order valence-electron chi connectivity index (χ3n) is 3.99. The monoisotopic (exact) mass is 395 g/mol. The van der Waals surface area contributed by atoms with Crippen molar-refractivity contribution in [3.05, 3.63) is 71.0 Å². The Labute approximate surface area is 167 Å². The molecular weight excluding hydrogens is 374 g/mol. The summed E-state index contributed by atoms with van der Waals surface area (Å²) in [7, 11) is 0. The van der Waals surface area contributed by atoms with E-state index in [4.69, 9.17) is 0 Å². The second-order valence-electron chi connectivity index (χ2n) is 6.20. The van der Waals surface area contributed by atoms with E-state index in [9.17, 15) is 9.59 Å². The second kappa shape index (κ2) is 9.70. The number of aryl methyl sites for hydroxylation is 1. The molecule has 2 amide bonds. The van der Waals surface area contributed by atoms with Crippen LogP contribution in [0.5, 0.6) is 0 Å². The molecule has 0 saturated heterocycles. The average molecular weight is 395 g/mol. The van der Waals surface area contributed by atoms with Gasteiger partial charge in [0.25, 0.3) is 5.91 Å². The number of anilines is 1. The van der Waals surface area contributed by atoms with E-state index in [2.05, 4.69) is 32.7 Å². The number of carbonyl (C=O) groups excluding carboxylic acids is 2. The molecule has 2 heterocycles. The van der Waals surface area contributed by atoms with Gasteiger partial charge in [0.05, 0.1) is 5.56 Å². The highest BCUT2D eigenvalue weighted by Crippen LogP contribution is 2.17. The molecule has 0 fully saturated rings. The van der Waals surface area contributed by atoms with Gasteiger partial charge in [-0.3, -0.25) is 19.9 Å². The van der Waals surface area contributed by atoms with Gasteiger partial charge < -0.3 is 5.32 Å². The zero-order valence-corrected chi connectivity index (χ0v) is 16.3. The molecule has 7 nitrogen and oxygen atoms in total. The van der Waals surface area contributed by atoms with Crippen LogP contribution in [-0.2, 0) is 17.6 Å². The van der Waals surface area contributed by atoms with E-state index in [-0.39, 0.29) is 11.8 Å². The van der Waals surface area contributed by atoms with Gasteiger partial charge in [-0.05, 0) is 24.1 Å². The lowest BCUT2D eigenvalue weighted by atomic mass is 10.0. The molecule has 0 radical (unpaired) electrons. The van der Waals surface area contributed by atoms with Crippen LogP contribution in [0.4, 0.5) is 5.13 Å². The van der Waals surface area contributed by atoms with Crippen LogP contribution in [-0.4, -0.2) is 33.0 Å². The number of hydrogen-bond donors (Lipinski definition) is 2. The molecule has 0 aliphatic carbocycles. The molecule has 0 aliphatic heterocycles. The Morgan fingerprint density at radius 1 is 1.11 bits per heavy atom. The zero-order valence-electron chi connectivity index (χ0n) is 15.5. The minimum atomic E-state index is -0.756. The van der Waals surface area contributed by atoms with E-state index in [0.717, 1.165) is 23.4 Å². The zero-order chi connectivity index (χ0) is 19.8. The average Bonchev–Trinajstić information content (AvgIpc) is 3.16. The molecule has 3 aromatic rings. The molecule has 2 N–H and O–H groups in total. The summed E-state index contributed by atoms with van der Waals surface area (Å²) in [5.74, 6) is -0.687. The summed E-state index contributed by atoms with van der Waals surface area (Å²) in [4.78, 5) is 29.3. The van der Waals surface area contributed by atoms with Gasteiger partial charge in [0, 0.05) is 25.2 Å². The quantitative estimate of drug-likeness (QED) is 0.611. The standard InChI is InChI=1S/C20H21N5O2S/c1-2-7-17-24-25-20(28-17)23-19(27)16(12-14-8-4-3-5-9-14)22-18(26)15-10-6-11-21-13-15/h3-6,8-11,13,16H,2,7,12H2,1H3,(H,22,26)(H,23,25,27). The van der Waals surface area contributed by atoms with Crippen molar-refractivity contribution in [2.75, 3.05) is 5.32 Å². The largest absolute Gasteiger partial charge is 0.340 e. The van der Waals surface area contributed by atoms with Crippen LogP contribution in [0.3, 0.4) is 0 Å². The number of hydrogen-bond acceptors (Lipinski definition) is 6. The molecule has 2 aromatic heterocycles. The number of pyridine rings is 1. The summed E-state index contributed by atoms with van der Waals surface area (Å²) in [6.07, 6.45) is 5.20. The van der Waals surface area contributed by atoms with Crippen LogP contribution in [0.1, 0.15) is 34.3 Å². The van der Waals surface area contributed by atoms with Crippen LogP contribution in [0.25, 0.3) is 0 Å². The summed E-state index contributed by atoms with van der Waals surface area (Å²) in [6, 6.07) is 12.1. The maximum absolute atomic E-state index is 12.8. The number of benzene rings is 1.